The van der Waals surface area contributed by atoms with E-state index in [1.807, 2.05) is 86.6 Å². The summed E-state index contributed by atoms with van der Waals surface area (Å²) in [5.41, 5.74) is 3.63. The highest BCUT2D eigenvalue weighted by Gasteiger charge is 2.46. The summed E-state index contributed by atoms with van der Waals surface area (Å²) < 4.78 is 5.34. The lowest BCUT2D eigenvalue weighted by molar-refractivity contribution is -0.132. The lowest BCUT2D eigenvalue weighted by Gasteiger charge is -2.44. The van der Waals surface area contributed by atoms with Crippen LogP contribution in [-0.4, -0.2) is 29.4 Å². The second-order valence-corrected chi connectivity index (χ2v) is 8.46. The van der Waals surface area contributed by atoms with Crippen molar-refractivity contribution in [2.45, 2.75) is 38.9 Å². The Labute approximate surface area is 189 Å². The van der Waals surface area contributed by atoms with Gasteiger partial charge in [-0.15, -0.1) is 0 Å². The van der Waals surface area contributed by atoms with Crippen molar-refractivity contribution in [3.05, 3.63) is 101 Å². The van der Waals surface area contributed by atoms with Gasteiger partial charge in [-0.3, -0.25) is 9.59 Å². The third-order valence-corrected chi connectivity index (χ3v) is 6.29. The number of hydrogen-bond donors (Lipinski definition) is 1. The van der Waals surface area contributed by atoms with Gasteiger partial charge in [0.2, 0.25) is 5.91 Å². The first kappa shape index (κ1) is 21.6. The maximum absolute atomic E-state index is 13.6. The number of methoxy groups -OCH3 is 1. The number of aryl methyl sites for hydroxylation is 1. The van der Waals surface area contributed by atoms with Crippen LogP contribution >= 0.6 is 0 Å². The van der Waals surface area contributed by atoms with Crippen LogP contribution in [-0.2, 0) is 24.3 Å². The molecule has 164 valence electrons. The quantitative estimate of drug-likeness (QED) is 0.638. The van der Waals surface area contributed by atoms with E-state index in [0.29, 0.717) is 25.1 Å². The summed E-state index contributed by atoms with van der Waals surface area (Å²) in [7, 11) is 1.62. The summed E-state index contributed by atoms with van der Waals surface area (Å²) in [4.78, 5) is 28.8. The number of rotatable bonds is 6. The Hall–Kier alpha value is -3.60. The fourth-order valence-electron chi connectivity index (χ4n) is 4.30. The lowest BCUT2D eigenvalue weighted by atomic mass is 9.82. The molecule has 0 fully saturated rings. The van der Waals surface area contributed by atoms with Crippen molar-refractivity contribution in [1.82, 2.24) is 10.2 Å². The molecular formula is C27H28N2O3. The number of nitrogens with one attached hydrogen (secondary N) is 1. The number of hydrogen-bond acceptors (Lipinski definition) is 3. The minimum absolute atomic E-state index is 0.136. The second-order valence-electron chi connectivity index (χ2n) is 8.46. The van der Waals surface area contributed by atoms with Crippen LogP contribution in [0.4, 0.5) is 0 Å². The van der Waals surface area contributed by atoms with Gasteiger partial charge in [0.25, 0.3) is 5.91 Å². The van der Waals surface area contributed by atoms with Crippen LogP contribution < -0.4 is 10.1 Å². The van der Waals surface area contributed by atoms with Gasteiger partial charge in [0.15, 0.2) is 0 Å². The van der Waals surface area contributed by atoms with Crippen molar-refractivity contribution in [3.8, 4) is 5.75 Å². The molecule has 5 nitrogen and oxygen atoms in total. The Morgan fingerprint density at radius 3 is 2.59 bits per heavy atom. The third kappa shape index (κ3) is 4.11. The molecule has 1 N–H and O–H groups in total. The van der Waals surface area contributed by atoms with Gasteiger partial charge in [-0.05, 0) is 54.3 Å². The average Bonchev–Trinajstić information content (AvgIpc) is 2.81. The van der Waals surface area contributed by atoms with Crippen LogP contribution in [0.2, 0.25) is 0 Å². The number of carbonyl (C=O) groups excluding carboxylic acids is 2. The summed E-state index contributed by atoms with van der Waals surface area (Å²) in [5.74, 6) is 0.424. The zero-order valence-electron chi connectivity index (χ0n) is 18.7. The molecule has 0 bridgehead atoms. The van der Waals surface area contributed by atoms with E-state index >= 15 is 0 Å². The highest BCUT2D eigenvalue weighted by Crippen LogP contribution is 2.33. The topological polar surface area (TPSA) is 58.6 Å². The van der Waals surface area contributed by atoms with E-state index in [9.17, 15) is 9.59 Å². The van der Waals surface area contributed by atoms with Gasteiger partial charge >= 0.3 is 0 Å². The molecule has 2 amide bonds. The summed E-state index contributed by atoms with van der Waals surface area (Å²) in [6.07, 6.45) is 0.457. The minimum Gasteiger partial charge on any atom is -0.497 e. The van der Waals surface area contributed by atoms with Gasteiger partial charge in [-0.1, -0.05) is 54.6 Å². The van der Waals surface area contributed by atoms with E-state index < -0.39 is 5.54 Å². The van der Waals surface area contributed by atoms with Crippen LogP contribution in [0.25, 0.3) is 0 Å². The molecule has 1 aliphatic rings. The molecule has 5 heteroatoms. The largest absolute Gasteiger partial charge is 0.497 e. The van der Waals surface area contributed by atoms with Gasteiger partial charge in [-0.25, -0.2) is 0 Å². The molecule has 1 atom stereocenters. The summed E-state index contributed by atoms with van der Waals surface area (Å²) in [6.45, 7) is 4.62. The Balaban J connectivity index is 1.66. The second kappa shape index (κ2) is 8.87. The summed E-state index contributed by atoms with van der Waals surface area (Å²) >= 11 is 0. The lowest BCUT2D eigenvalue weighted by Crippen LogP contribution is -2.62. The molecule has 32 heavy (non-hydrogen) atoms. The van der Waals surface area contributed by atoms with Crippen molar-refractivity contribution >= 4 is 11.8 Å². The highest BCUT2D eigenvalue weighted by atomic mass is 16.5. The smallest absolute Gasteiger partial charge is 0.255 e. The monoisotopic (exact) mass is 428 g/mol. The van der Waals surface area contributed by atoms with Crippen molar-refractivity contribution < 1.29 is 14.3 Å². The number of ether oxygens (including phenoxy) is 1. The van der Waals surface area contributed by atoms with E-state index in [0.717, 1.165) is 28.0 Å². The average molecular weight is 429 g/mol. The van der Waals surface area contributed by atoms with Gasteiger partial charge in [0, 0.05) is 25.1 Å². The molecule has 1 aliphatic heterocycles. The molecule has 3 aromatic carbocycles. The Kier molecular flexibility index (Phi) is 5.99. The van der Waals surface area contributed by atoms with Crippen molar-refractivity contribution in [1.29, 1.82) is 0 Å². The van der Waals surface area contributed by atoms with Gasteiger partial charge in [0.1, 0.15) is 11.3 Å². The minimum atomic E-state index is -1.02. The molecule has 4 rings (SSSR count). The molecular weight excluding hydrogens is 400 g/mol. The standard InChI is InChI=1S/C27H28N2O3/c1-19-9-4-5-12-22(19)17-28-26(31)27(2)16-21-11-6-7-14-24(21)25(30)29(27)18-20-10-8-13-23(15-20)32-3/h4-15H,16-18H2,1-3H3,(H,28,31). The third-order valence-electron chi connectivity index (χ3n) is 6.29. The van der Waals surface area contributed by atoms with Crippen LogP contribution in [0.1, 0.15) is 39.5 Å². The van der Waals surface area contributed by atoms with Gasteiger partial charge in [0.05, 0.1) is 7.11 Å². The molecule has 1 heterocycles. The highest BCUT2D eigenvalue weighted by molar-refractivity contribution is 6.02. The van der Waals surface area contributed by atoms with E-state index in [1.54, 1.807) is 12.0 Å². The molecule has 0 spiro atoms. The predicted molar refractivity (Wildman–Crippen MR) is 124 cm³/mol. The van der Waals surface area contributed by atoms with Crippen LogP contribution in [0.3, 0.4) is 0 Å². The number of fused-ring (bicyclic) bond motifs is 1. The number of carbonyl (C=O) groups is 2. The fourth-order valence-corrected chi connectivity index (χ4v) is 4.30. The fraction of sp³-hybridized carbons (Fsp3) is 0.259. The Morgan fingerprint density at radius 2 is 1.81 bits per heavy atom. The zero-order chi connectivity index (χ0) is 22.7. The SMILES string of the molecule is COc1cccc(CN2C(=O)c3ccccc3CC2(C)C(=O)NCc2ccccc2C)c1. The first-order valence-corrected chi connectivity index (χ1v) is 10.8. The molecule has 0 radical (unpaired) electrons. The normalized spacial score (nSPS) is 17.6. The molecule has 0 saturated carbocycles. The first-order chi connectivity index (χ1) is 15.4. The van der Waals surface area contributed by atoms with Crippen LogP contribution in [0, 0.1) is 6.92 Å². The Morgan fingerprint density at radius 1 is 1.06 bits per heavy atom. The molecule has 3 aromatic rings. The number of benzene rings is 3. The Bertz CT molecular complexity index is 1160. The van der Waals surface area contributed by atoms with Crippen LogP contribution in [0.5, 0.6) is 5.75 Å². The van der Waals surface area contributed by atoms with E-state index in [2.05, 4.69) is 5.32 Å². The first-order valence-electron chi connectivity index (χ1n) is 10.8. The van der Waals surface area contributed by atoms with Crippen molar-refractivity contribution in [2.24, 2.45) is 0 Å². The predicted octanol–water partition coefficient (Wildman–Crippen LogP) is 4.28. The summed E-state index contributed by atoms with van der Waals surface area (Å²) in [6, 6.07) is 23.1. The molecule has 1 unspecified atom stereocenters. The van der Waals surface area contributed by atoms with Gasteiger partial charge in [-0.2, -0.15) is 0 Å². The number of amides is 2. The zero-order valence-corrected chi connectivity index (χ0v) is 18.7. The van der Waals surface area contributed by atoms with E-state index in [4.69, 9.17) is 4.74 Å². The van der Waals surface area contributed by atoms with Crippen molar-refractivity contribution in [3.63, 3.8) is 0 Å². The maximum atomic E-state index is 13.6. The number of nitrogens with zero attached hydrogens (tertiary/aromatic N) is 1. The molecule has 0 aliphatic carbocycles. The van der Waals surface area contributed by atoms with E-state index in [-0.39, 0.29) is 11.8 Å². The summed E-state index contributed by atoms with van der Waals surface area (Å²) in [5, 5.41) is 3.08. The van der Waals surface area contributed by atoms with Crippen molar-refractivity contribution in [2.75, 3.05) is 7.11 Å². The maximum Gasteiger partial charge on any atom is 0.255 e. The van der Waals surface area contributed by atoms with Gasteiger partial charge < -0.3 is 15.0 Å². The van der Waals surface area contributed by atoms with E-state index in [1.165, 1.54) is 0 Å². The molecule has 0 saturated heterocycles. The van der Waals surface area contributed by atoms with Crippen LogP contribution in [0.15, 0.2) is 72.8 Å². The molecule has 0 aromatic heterocycles.